The Morgan fingerprint density at radius 1 is 1.05 bits per heavy atom. The summed E-state index contributed by atoms with van der Waals surface area (Å²) < 4.78 is 26.3. The number of nitrogens with one attached hydrogen (secondary N) is 1. The van der Waals surface area contributed by atoms with Crippen LogP contribution in [0.15, 0.2) is 18.2 Å². The summed E-state index contributed by atoms with van der Waals surface area (Å²) in [5.74, 6) is -0.201. The molecule has 0 radical (unpaired) electrons. The Kier molecular flexibility index (Phi) is 5.37. The van der Waals surface area contributed by atoms with E-state index in [2.05, 4.69) is 26.1 Å². The average molecular weight is 295 g/mol. The van der Waals surface area contributed by atoms with Crippen LogP contribution < -0.4 is 5.32 Å². The molecule has 0 unspecified atom stereocenters. The van der Waals surface area contributed by atoms with E-state index >= 15 is 0 Å². The number of hydrogen-bond donors (Lipinski definition) is 1. The second kappa shape index (κ2) is 6.87. The fraction of sp³-hybridized carbons (Fsp3) is 0.667. The molecule has 1 aliphatic rings. The standard InChI is InChI=1S/C18H27F2N/c1-4-18(2,3)14-5-7-17(8-6-14)21-12-13-9-15(19)11-16(20)10-13/h9-11,14,17,21H,4-8,12H2,1-3H3. The minimum atomic E-state index is -0.500. The summed E-state index contributed by atoms with van der Waals surface area (Å²) in [7, 11) is 0. The summed E-state index contributed by atoms with van der Waals surface area (Å²) in [6, 6.07) is 4.20. The number of rotatable bonds is 5. The molecule has 0 bridgehead atoms. The van der Waals surface area contributed by atoms with Crippen molar-refractivity contribution in [1.82, 2.24) is 5.32 Å². The monoisotopic (exact) mass is 295 g/mol. The van der Waals surface area contributed by atoms with Crippen molar-refractivity contribution < 1.29 is 8.78 Å². The van der Waals surface area contributed by atoms with Gasteiger partial charge in [0.25, 0.3) is 0 Å². The summed E-state index contributed by atoms with van der Waals surface area (Å²) >= 11 is 0. The van der Waals surface area contributed by atoms with E-state index in [1.54, 1.807) is 0 Å². The lowest BCUT2D eigenvalue weighted by atomic mass is 9.69. The van der Waals surface area contributed by atoms with Gasteiger partial charge in [0.15, 0.2) is 0 Å². The number of hydrogen-bond acceptors (Lipinski definition) is 1. The lowest BCUT2D eigenvalue weighted by Crippen LogP contribution is -2.36. The van der Waals surface area contributed by atoms with Gasteiger partial charge in [-0.3, -0.25) is 0 Å². The van der Waals surface area contributed by atoms with Crippen LogP contribution in [-0.4, -0.2) is 6.04 Å². The predicted octanol–water partition coefficient (Wildman–Crippen LogP) is 5.05. The first-order valence-corrected chi connectivity index (χ1v) is 8.09. The Morgan fingerprint density at radius 2 is 1.62 bits per heavy atom. The van der Waals surface area contributed by atoms with E-state index in [0.717, 1.165) is 24.8 Å². The largest absolute Gasteiger partial charge is 0.310 e. The van der Waals surface area contributed by atoms with Crippen LogP contribution in [0.1, 0.15) is 58.4 Å². The maximum atomic E-state index is 13.1. The van der Waals surface area contributed by atoms with Gasteiger partial charge in [-0.15, -0.1) is 0 Å². The molecule has 118 valence electrons. The molecule has 1 saturated carbocycles. The van der Waals surface area contributed by atoms with Crippen LogP contribution in [0.4, 0.5) is 8.78 Å². The van der Waals surface area contributed by atoms with Gasteiger partial charge in [0, 0.05) is 18.7 Å². The molecule has 0 atom stereocenters. The third kappa shape index (κ3) is 4.50. The van der Waals surface area contributed by atoms with Gasteiger partial charge in [-0.2, -0.15) is 0 Å². The molecule has 0 spiro atoms. The van der Waals surface area contributed by atoms with Crippen molar-refractivity contribution in [2.24, 2.45) is 11.3 Å². The van der Waals surface area contributed by atoms with Gasteiger partial charge in [-0.25, -0.2) is 8.78 Å². The molecule has 3 heteroatoms. The molecular formula is C18H27F2N. The molecule has 1 aliphatic carbocycles. The molecular weight excluding hydrogens is 268 g/mol. The van der Waals surface area contributed by atoms with Crippen molar-refractivity contribution in [3.8, 4) is 0 Å². The summed E-state index contributed by atoms with van der Waals surface area (Å²) in [6.07, 6.45) is 6.03. The molecule has 1 nitrogen and oxygen atoms in total. The maximum Gasteiger partial charge on any atom is 0.126 e. The highest BCUT2D eigenvalue weighted by Gasteiger charge is 2.31. The van der Waals surface area contributed by atoms with Crippen molar-refractivity contribution in [3.63, 3.8) is 0 Å². The van der Waals surface area contributed by atoms with Crippen molar-refractivity contribution >= 4 is 0 Å². The SMILES string of the molecule is CCC(C)(C)C1CCC(NCc2cc(F)cc(F)c2)CC1. The van der Waals surface area contributed by atoms with E-state index in [1.165, 1.54) is 31.4 Å². The molecule has 0 aliphatic heterocycles. The van der Waals surface area contributed by atoms with Crippen LogP contribution >= 0.6 is 0 Å². The molecule has 0 aromatic heterocycles. The molecule has 1 N–H and O–H groups in total. The molecule has 0 heterocycles. The van der Waals surface area contributed by atoms with Gasteiger partial charge in [0.05, 0.1) is 0 Å². The quantitative estimate of drug-likeness (QED) is 0.801. The lowest BCUT2D eigenvalue weighted by molar-refractivity contribution is 0.137. The lowest BCUT2D eigenvalue weighted by Gasteiger charge is -2.39. The van der Waals surface area contributed by atoms with E-state index in [4.69, 9.17) is 0 Å². The van der Waals surface area contributed by atoms with Gasteiger partial charge in [0.1, 0.15) is 11.6 Å². The Morgan fingerprint density at radius 3 is 2.14 bits per heavy atom. The molecule has 0 amide bonds. The zero-order chi connectivity index (χ0) is 15.5. The highest BCUT2D eigenvalue weighted by molar-refractivity contribution is 5.17. The van der Waals surface area contributed by atoms with Gasteiger partial charge in [-0.1, -0.05) is 27.2 Å². The first-order valence-electron chi connectivity index (χ1n) is 8.09. The first kappa shape index (κ1) is 16.4. The topological polar surface area (TPSA) is 12.0 Å². The van der Waals surface area contributed by atoms with Crippen LogP contribution in [0.5, 0.6) is 0 Å². The third-order valence-electron chi connectivity index (χ3n) is 5.26. The smallest absolute Gasteiger partial charge is 0.126 e. The van der Waals surface area contributed by atoms with Crippen LogP contribution in [0.2, 0.25) is 0 Å². The molecule has 21 heavy (non-hydrogen) atoms. The van der Waals surface area contributed by atoms with Gasteiger partial charge in [-0.05, 0) is 54.7 Å². The predicted molar refractivity (Wildman–Crippen MR) is 83.0 cm³/mol. The van der Waals surface area contributed by atoms with E-state index in [1.807, 2.05) is 0 Å². The zero-order valence-electron chi connectivity index (χ0n) is 13.4. The van der Waals surface area contributed by atoms with E-state index in [-0.39, 0.29) is 0 Å². The average Bonchev–Trinajstić information content (AvgIpc) is 2.44. The first-order chi connectivity index (χ1) is 9.90. The van der Waals surface area contributed by atoms with Crippen LogP contribution in [-0.2, 0) is 6.54 Å². The summed E-state index contributed by atoms with van der Waals surface area (Å²) in [5, 5.41) is 3.45. The number of benzene rings is 1. The third-order valence-corrected chi connectivity index (χ3v) is 5.26. The van der Waals surface area contributed by atoms with Gasteiger partial charge >= 0.3 is 0 Å². The minimum absolute atomic E-state index is 0.427. The Balaban J connectivity index is 1.81. The second-order valence-electron chi connectivity index (χ2n) is 7.05. The molecule has 2 rings (SSSR count). The van der Waals surface area contributed by atoms with Crippen LogP contribution in [0.25, 0.3) is 0 Å². The molecule has 0 saturated heterocycles. The fourth-order valence-electron chi connectivity index (χ4n) is 3.34. The highest BCUT2D eigenvalue weighted by atomic mass is 19.1. The Bertz CT molecular complexity index is 442. The van der Waals surface area contributed by atoms with E-state index in [9.17, 15) is 8.78 Å². The Labute approximate surface area is 127 Å². The highest BCUT2D eigenvalue weighted by Crippen LogP contribution is 2.40. The van der Waals surface area contributed by atoms with Crippen LogP contribution in [0, 0.1) is 23.0 Å². The zero-order valence-corrected chi connectivity index (χ0v) is 13.4. The molecule has 1 fully saturated rings. The van der Waals surface area contributed by atoms with E-state index < -0.39 is 11.6 Å². The van der Waals surface area contributed by atoms with Crippen molar-refractivity contribution in [2.45, 2.75) is 65.5 Å². The maximum absolute atomic E-state index is 13.1. The van der Waals surface area contributed by atoms with Gasteiger partial charge < -0.3 is 5.32 Å². The van der Waals surface area contributed by atoms with Crippen molar-refractivity contribution in [1.29, 1.82) is 0 Å². The number of halogens is 2. The molecule has 1 aromatic rings. The molecule has 1 aromatic carbocycles. The normalized spacial score (nSPS) is 23.3. The minimum Gasteiger partial charge on any atom is -0.310 e. The summed E-state index contributed by atoms with van der Waals surface area (Å²) in [5.41, 5.74) is 1.11. The Hall–Kier alpha value is -0.960. The summed E-state index contributed by atoms with van der Waals surface area (Å²) in [4.78, 5) is 0. The van der Waals surface area contributed by atoms with Crippen molar-refractivity contribution in [2.75, 3.05) is 0 Å². The summed E-state index contributed by atoms with van der Waals surface area (Å²) in [6.45, 7) is 7.53. The van der Waals surface area contributed by atoms with E-state index in [0.29, 0.717) is 23.6 Å². The van der Waals surface area contributed by atoms with Crippen molar-refractivity contribution in [3.05, 3.63) is 35.4 Å². The van der Waals surface area contributed by atoms with Crippen LogP contribution in [0.3, 0.4) is 0 Å². The van der Waals surface area contributed by atoms with Gasteiger partial charge in [0.2, 0.25) is 0 Å². The second-order valence-corrected chi connectivity index (χ2v) is 7.05. The fourth-order valence-corrected chi connectivity index (χ4v) is 3.34.